The maximum atomic E-state index is 13.9. The second-order valence-electron chi connectivity index (χ2n) is 5.19. The molecule has 0 radical (unpaired) electrons. The van der Waals surface area contributed by atoms with Crippen LogP contribution < -0.4 is 5.32 Å². The average Bonchev–Trinajstić information content (AvgIpc) is 2.54. The van der Waals surface area contributed by atoms with Crippen LogP contribution in [0.3, 0.4) is 0 Å². The zero-order valence-electron chi connectivity index (χ0n) is 13.0. The first-order valence-electron chi connectivity index (χ1n) is 7.25. The molecule has 0 aliphatic carbocycles. The normalized spacial score (nSPS) is 11.8. The molecule has 0 fully saturated rings. The smallest absolute Gasteiger partial charge is 0.230 e. The molecule has 23 heavy (non-hydrogen) atoms. The lowest BCUT2D eigenvalue weighted by Crippen LogP contribution is -2.28. The molecule has 1 atom stereocenters. The van der Waals surface area contributed by atoms with Gasteiger partial charge >= 0.3 is 0 Å². The number of hydrogen-bond donors (Lipinski definition) is 1. The molecule has 0 aliphatic heterocycles. The summed E-state index contributed by atoms with van der Waals surface area (Å²) in [6, 6.07) is 13.8. The van der Waals surface area contributed by atoms with Crippen molar-refractivity contribution in [1.29, 1.82) is 0 Å². The topological polar surface area (TPSA) is 46.2 Å². The van der Waals surface area contributed by atoms with Crippen molar-refractivity contribution >= 4 is 23.5 Å². The Bertz CT molecular complexity index is 703. The monoisotopic (exact) mass is 331 g/mol. The molecule has 2 aromatic carbocycles. The molecule has 0 heterocycles. The molecule has 0 bridgehead atoms. The van der Waals surface area contributed by atoms with E-state index in [2.05, 4.69) is 5.32 Å². The van der Waals surface area contributed by atoms with E-state index in [1.54, 1.807) is 6.07 Å². The summed E-state index contributed by atoms with van der Waals surface area (Å²) >= 11 is 1.11. The van der Waals surface area contributed by atoms with Gasteiger partial charge in [-0.05, 0) is 31.5 Å². The van der Waals surface area contributed by atoms with E-state index in [9.17, 15) is 14.0 Å². The summed E-state index contributed by atoms with van der Waals surface area (Å²) in [5, 5.41) is 2.88. The van der Waals surface area contributed by atoms with Crippen molar-refractivity contribution in [2.45, 2.75) is 24.8 Å². The molecule has 0 spiro atoms. The van der Waals surface area contributed by atoms with Crippen LogP contribution >= 0.6 is 11.8 Å². The Morgan fingerprint density at radius 2 is 1.87 bits per heavy atom. The van der Waals surface area contributed by atoms with E-state index >= 15 is 0 Å². The van der Waals surface area contributed by atoms with E-state index in [1.165, 1.54) is 19.1 Å². The molecule has 1 N–H and O–H groups in total. The molecule has 1 amide bonds. The Hall–Kier alpha value is -2.14. The van der Waals surface area contributed by atoms with Gasteiger partial charge in [-0.25, -0.2) is 4.39 Å². The molecule has 0 saturated heterocycles. The Kier molecular flexibility index (Phi) is 5.93. The number of carbonyl (C=O) groups is 2. The Balaban J connectivity index is 1.91. The largest absolute Gasteiger partial charge is 0.349 e. The Morgan fingerprint density at radius 1 is 1.17 bits per heavy atom. The maximum Gasteiger partial charge on any atom is 0.230 e. The lowest BCUT2D eigenvalue weighted by molar-refractivity contribution is -0.119. The molecule has 0 saturated carbocycles. The van der Waals surface area contributed by atoms with Gasteiger partial charge in [0.05, 0.1) is 11.8 Å². The molecule has 2 rings (SSSR count). The first kappa shape index (κ1) is 17.2. The van der Waals surface area contributed by atoms with Crippen LogP contribution in [0.5, 0.6) is 0 Å². The number of ketones is 1. The molecule has 0 aromatic heterocycles. The first-order valence-corrected chi connectivity index (χ1v) is 8.23. The first-order chi connectivity index (χ1) is 11.0. The zero-order chi connectivity index (χ0) is 16.8. The van der Waals surface area contributed by atoms with Crippen molar-refractivity contribution in [1.82, 2.24) is 5.32 Å². The van der Waals surface area contributed by atoms with Crippen LogP contribution in [0.2, 0.25) is 0 Å². The summed E-state index contributed by atoms with van der Waals surface area (Å²) in [6.45, 7) is 3.29. The van der Waals surface area contributed by atoms with Crippen LogP contribution in [0.1, 0.15) is 35.8 Å². The number of amides is 1. The third kappa shape index (κ3) is 4.93. The Labute approximate surface area is 139 Å². The molecule has 3 nitrogen and oxygen atoms in total. The summed E-state index contributed by atoms with van der Waals surface area (Å²) in [6.07, 6.45) is 0. The third-order valence-corrected chi connectivity index (χ3v) is 4.42. The minimum absolute atomic E-state index is 0.103. The number of carbonyl (C=O) groups excluding carboxylic acids is 2. The van der Waals surface area contributed by atoms with Crippen LogP contribution in [0, 0.1) is 5.82 Å². The van der Waals surface area contributed by atoms with Gasteiger partial charge in [0.2, 0.25) is 5.91 Å². The van der Waals surface area contributed by atoms with E-state index in [0.29, 0.717) is 10.5 Å². The number of thioether (sulfide) groups is 1. The van der Waals surface area contributed by atoms with E-state index in [4.69, 9.17) is 0 Å². The summed E-state index contributed by atoms with van der Waals surface area (Å²) in [4.78, 5) is 23.5. The number of benzene rings is 2. The summed E-state index contributed by atoms with van der Waals surface area (Å²) in [5.74, 6) is -0.712. The molecule has 1 unspecified atom stereocenters. The minimum atomic E-state index is -0.480. The van der Waals surface area contributed by atoms with Crippen molar-refractivity contribution in [3.8, 4) is 0 Å². The summed E-state index contributed by atoms with van der Waals surface area (Å²) < 4.78 is 13.9. The SMILES string of the molecule is CC(=O)c1ccc(SCC(=O)NC(C)c2ccccc2)c(F)c1. The van der Waals surface area contributed by atoms with Crippen LogP contribution in [-0.2, 0) is 4.79 Å². The highest BCUT2D eigenvalue weighted by atomic mass is 32.2. The van der Waals surface area contributed by atoms with Gasteiger partial charge in [-0.15, -0.1) is 11.8 Å². The average molecular weight is 331 g/mol. The van der Waals surface area contributed by atoms with Gasteiger partial charge in [-0.3, -0.25) is 9.59 Å². The van der Waals surface area contributed by atoms with Gasteiger partial charge in [0.1, 0.15) is 5.82 Å². The predicted molar refractivity (Wildman–Crippen MR) is 90.1 cm³/mol. The fourth-order valence-electron chi connectivity index (χ4n) is 2.09. The van der Waals surface area contributed by atoms with Crippen LogP contribution in [0.25, 0.3) is 0 Å². The van der Waals surface area contributed by atoms with Gasteiger partial charge in [0, 0.05) is 10.5 Å². The van der Waals surface area contributed by atoms with E-state index in [-0.39, 0.29) is 23.5 Å². The van der Waals surface area contributed by atoms with Crippen LogP contribution in [0.4, 0.5) is 4.39 Å². The van der Waals surface area contributed by atoms with Crippen molar-refractivity contribution < 1.29 is 14.0 Å². The molecule has 0 aliphatic rings. The summed E-state index contributed by atoms with van der Waals surface area (Å²) in [7, 11) is 0. The van der Waals surface area contributed by atoms with Crippen molar-refractivity contribution in [3.63, 3.8) is 0 Å². The molecular weight excluding hydrogens is 313 g/mol. The predicted octanol–water partition coefficient (Wildman–Crippen LogP) is 4.00. The number of Topliss-reactive ketones (excluding diaryl/α,β-unsaturated/α-hetero) is 1. The highest BCUT2D eigenvalue weighted by Crippen LogP contribution is 2.23. The number of rotatable bonds is 6. The van der Waals surface area contributed by atoms with Gasteiger partial charge in [-0.2, -0.15) is 0 Å². The van der Waals surface area contributed by atoms with Gasteiger partial charge in [0.15, 0.2) is 5.78 Å². The van der Waals surface area contributed by atoms with Gasteiger partial charge in [-0.1, -0.05) is 36.4 Å². The number of hydrogen-bond acceptors (Lipinski definition) is 3. The fraction of sp³-hybridized carbons (Fsp3) is 0.222. The maximum absolute atomic E-state index is 13.9. The van der Waals surface area contributed by atoms with E-state index in [0.717, 1.165) is 17.3 Å². The van der Waals surface area contributed by atoms with Crippen molar-refractivity contribution in [2.75, 3.05) is 5.75 Å². The number of halogens is 1. The Morgan fingerprint density at radius 3 is 2.48 bits per heavy atom. The van der Waals surface area contributed by atoms with Gasteiger partial charge in [0.25, 0.3) is 0 Å². The van der Waals surface area contributed by atoms with Crippen molar-refractivity contribution in [3.05, 3.63) is 65.5 Å². The second kappa shape index (κ2) is 7.92. The lowest BCUT2D eigenvalue weighted by Gasteiger charge is -2.14. The van der Waals surface area contributed by atoms with Crippen LogP contribution in [-0.4, -0.2) is 17.4 Å². The highest BCUT2D eigenvalue weighted by Gasteiger charge is 2.12. The quantitative estimate of drug-likeness (QED) is 0.643. The lowest BCUT2D eigenvalue weighted by atomic mass is 10.1. The van der Waals surface area contributed by atoms with Crippen LogP contribution in [0.15, 0.2) is 53.4 Å². The zero-order valence-corrected chi connectivity index (χ0v) is 13.8. The standard InChI is InChI=1S/C18H18FNO2S/c1-12(14-6-4-3-5-7-14)20-18(22)11-23-17-9-8-15(13(2)21)10-16(17)19/h3-10,12H,11H2,1-2H3,(H,20,22). The number of nitrogens with one attached hydrogen (secondary N) is 1. The molecular formula is C18H18FNO2S. The van der Waals surface area contributed by atoms with E-state index < -0.39 is 5.82 Å². The van der Waals surface area contributed by atoms with E-state index in [1.807, 2.05) is 37.3 Å². The third-order valence-electron chi connectivity index (χ3n) is 3.37. The van der Waals surface area contributed by atoms with Crippen molar-refractivity contribution in [2.24, 2.45) is 0 Å². The fourth-order valence-corrected chi connectivity index (χ4v) is 2.82. The molecule has 5 heteroatoms. The van der Waals surface area contributed by atoms with Gasteiger partial charge < -0.3 is 5.32 Å². The molecule has 120 valence electrons. The minimum Gasteiger partial charge on any atom is -0.349 e. The molecule has 2 aromatic rings. The summed E-state index contributed by atoms with van der Waals surface area (Å²) in [5.41, 5.74) is 1.34. The second-order valence-corrected chi connectivity index (χ2v) is 6.21. The highest BCUT2D eigenvalue weighted by molar-refractivity contribution is 8.00.